The van der Waals surface area contributed by atoms with E-state index in [-0.39, 0.29) is 24.0 Å². The monoisotopic (exact) mass is 481 g/mol. The van der Waals surface area contributed by atoms with Crippen LogP contribution in [-0.2, 0) is 26.4 Å². The molecule has 0 atom stereocenters. The van der Waals surface area contributed by atoms with Crippen molar-refractivity contribution in [3.8, 4) is 0 Å². The number of hydrogen-bond donors (Lipinski definition) is 1. The Morgan fingerprint density at radius 1 is 1.50 bits per heavy atom. The van der Waals surface area contributed by atoms with E-state index in [4.69, 9.17) is 11.6 Å². The number of aromatic nitrogens is 2. The molecule has 1 N–H and O–H groups in total. The van der Waals surface area contributed by atoms with Gasteiger partial charge in [0.15, 0.2) is 5.96 Å². The molecular formula is C16H25ClIN5S. The Morgan fingerprint density at radius 2 is 2.25 bits per heavy atom. The summed E-state index contributed by atoms with van der Waals surface area (Å²) < 4.78 is 2.04. The van der Waals surface area contributed by atoms with E-state index in [1.54, 1.807) is 18.4 Å². The first-order valence-corrected chi connectivity index (χ1v) is 8.89. The van der Waals surface area contributed by atoms with E-state index < -0.39 is 0 Å². The van der Waals surface area contributed by atoms with Crippen LogP contribution < -0.4 is 5.32 Å². The van der Waals surface area contributed by atoms with Crippen molar-refractivity contribution in [1.82, 2.24) is 19.8 Å². The third-order valence-corrected chi connectivity index (χ3v) is 5.03. The van der Waals surface area contributed by atoms with Crippen LogP contribution in [0.1, 0.15) is 22.5 Å². The molecule has 0 radical (unpaired) electrons. The molecule has 2 aromatic heterocycles. The van der Waals surface area contributed by atoms with Crippen LogP contribution in [-0.4, -0.2) is 41.1 Å². The van der Waals surface area contributed by atoms with E-state index >= 15 is 0 Å². The maximum Gasteiger partial charge on any atom is 0.193 e. The summed E-state index contributed by atoms with van der Waals surface area (Å²) >= 11 is 7.82. The Morgan fingerprint density at radius 3 is 2.79 bits per heavy atom. The van der Waals surface area contributed by atoms with Crippen molar-refractivity contribution in [3.05, 3.63) is 39.1 Å². The van der Waals surface area contributed by atoms with Gasteiger partial charge < -0.3 is 14.8 Å². The van der Waals surface area contributed by atoms with E-state index in [1.807, 2.05) is 37.1 Å². The predicted molar refractivity (Wildman–Crippen MR) is 114 cm³/mol. The summed E-state index contributed by atoms with van der Waals surface area (Å²) in [6, 6.07) is 1.98. The van der Waals surface area contributed by atoms with Crippen molar-refractivity contribution in [2.45, 2.75) is 26.3 Å². The van der Waals surface area contributed by atoms with E-state index in [0.29, 0.717) is 0 Å². The van der Waals surface area contributed by atoms with Gasteiger partial charge in [-0.15, -0.1) is 35.3 Å². The minimum atomic E-state index is 0. The van der Waals surface area contributed by atoms with Crippen LogP contribution in [0, 0.1) is 0 Å². The molecule has 0 aliphatic carbocycles. The van der Waals surface area contributed by atoms with Crippen LogP contribution in [0.5, 0.6) is 0 Å². The van der Waals surface area contributed by atoms with Crippen molar-refractivity contribution in [2.75, 3.05) is 20.6 Å². The molecule has 0 saturated carbocycles. The van der Waals surface area contributed by atoms with Gasteiger partial charge in [-0.25, -0.2) is 4.98 Å². The maximum absolute atomic E-state index is 6.04. The third kappa shape index (κ3) is 5.93. The lowest BCUT2D eigenvalue weighted by Gasteiger charge is -2.22. The van der Waals surface area contributed by atoms with Crippen molar-refractivity contribution >= 4 is 52.9 Å². The van der Waals surface area contributed by atoms with Gasteiger partial charge in [-0.05, 0) is 12.5 Å². The second kappa shape index (κ2) is 10.2. The van der Waals surface area contributed by atoms with Crippen LogP contribution in [0.4, 0.5) is 0 Å². The fraction of sp³-hybridized carbons (Fsp3) is 0.500. The normalized spacial score (nSPS) is 11.3. The fourth-order valence-corrected chi connectivity index (χ4v) is 3.47. The van der Waals surface area contributed by atoms with E-state index in [9.17, 15) is 0 Å². The second-order valence-corrected chi connectivity index (χ2v) is 7.05. The van der Waals surface area contributed by atoms with Gasteiger partial charge in [-0.1, -0.05) is 18.5 Å². The molecule has 0 aliphatic heterocycles. The number of aliphatic imine (C=N–C) groups is 1. The van der Waals surface area contributed by atoms with Crippen molar-refractivity contribution in [3.63, 3.8) is 0 Å². The molecule has 0 aromatic carbocycles. The molecule has 0 spiro atoms. The molecule has 24 heavy (non-hydrogen) atoms. The summed E-state index contributed by atoms with van der Waals surface area (Å²) in [5.74, 6) is 0.870. The van der Waals surface area contributed by atoms with Gasteiger partial charge in [-0.3, -0.25) is 4.99 Å². The highest BCUT2D eigenvalue weighted by Crippen LogP contribution is 2.15. The Labute approximate surface area is 170 Å². The number of nitrogens with zero attached hydrogens (tertiary/aromatic N) is 4. The summed E-state index contributed by atoms with van der Waals surface area (Å²) in [6.45, 7) is 3.73. The van der Waals surface area contributed by atoms with Crippen molar-refractivity contribution in [2.24, 2.45) is 12.0 Å². The largest absolute Gasteiger partial charge is 0.356 e. The molecule has 8 heteroatoms. The number of rotatable bonds is 6. The van der Waals surface area contributed by atoms with E-state index in [0.717, 1.165) is 42.6 Å². The highest BCUT2D eigenvalue weighted by molar-refractivity contribution is 14.0. The molecule has 5 nitrogen and oxygen atoms in total. The zero-order chi connectivity index (χ0) is 16.8. The summed E-state index contributed by atoms with van der Waals surface area (Å²) in [6.07, 6.45) is 5.84. The summed E-state index contributed by atoms with van der Waals surface area (Å²) in [5.41, 5.74) is 1.15. The van der Waals surface area contributed by atoms with Crippen LogP contribution >= 0.6 is 46.9 Å². The van der Waals surface area contributed by atoms with Crippen molar-refractivity contribution < 1.29 is 0 Å². The first-order chi connectivity index (χ1) is 11.0. The zero-order valence-electron chi connectivity index (χ0n) is 14.5. The topological polar surface area (TPSA) is 45.5 Å². The van der Waals surface area contributed by atoms with Crippen LogP contribution in [0.15, 0.2) is 23.5 Å². The third-order valence-electron chi connectivity index (χ3n) is 3.62. The lowest BCUT2D eigenvalue weighted by atomic mass is 10.4. The van der Waals surface area contributed by atoms with Gasteiger partial charge in [-0.2, -0.15) is 0 Å². The Balaban J connectivity index is 0.00000288. The van der Waals surface area contributed by atoms with Crippen molar-refractivity contribution in [1.29, 1.82) is 0 Å². The molecule has 0 saturated heterocycles. The van der Waals surface area contributed by atoms with Gasteiger partial charge in [0.1, 0.15) is 0 Å². The number of hydrogen-bond acceptors (Lipinski definition) is 3. The van der Waals surface area contributed by atoms with Gasteiger partial charge in [0.2, 0.25) is 0 Å². The molecular weight excluding hydrogens is 457 g/mol. The van der Waals surface area contributed by atoms with Crippen LogP contribution in [0.2, 0.25) is 5.02 Å². The molecule has 0 fully saturated rings. The number of nitrogens with one attached hydrogen (secondary N) is 1. The summed E-state index contributed by atoms with van der Waals surface area (Å²) in [5, 5.41) is 5.32. The molecule has 0 bridgehead atoms. The first kappa shape index (κ1) is 21.2. The minimum absolute atomic E-state index is 0. The average molecular weight is 482 g/mol. The minimum Gasteiger partial charge on any atom is -0.356 e. The second-order valence-electron chi connectivity index (χ2n) is 5.41. The van der Waals surface area contributed by atoms with E-state index in [2.05, 4.69) is 27.1 Å². The predicted octanol–water partition coefficient (Wildman–Crippen LogP) is 3.57. The number of halogens is 2. The smallest absolute Gasteiger partial charge is 0.193 e. The number of thiazole rings is 1. The maximum atomic E-state index is 6.04. The number of guanidine groups is 1. The van der Waals surface area contributed by atoms with Gasteiger partial charge in [0.05, 0.1) is 16.6 Å². The van der Waals surface area contributed by atoms with E-state index in [1.165, 1.54) is 9.88 Å². The molecule has 134 valence electrons. The van der Waals surface area contributed by atoms with Gasteiger partial charge in [0.25, 0.3) is 0 Å². The molecule has 2 heterocycles. The molecule has 2 rings (SSSR count). The highest BCUT2D eigenvalue weighted by atomic mass is 127. The summed E-state index contributed by atoms with van der Waals surface area (Å²) in [4.78, 5) is 12.2. The number of aryl methyl sites for hydroxylation is 2. The Kier molecular flexibility index (Phi) is 9.07. The quantitative estimate of drug-likeness (QED) is 0.390. The Hall–Kier alpha value is -0.800. The molecule has 0 amide bonds. The van der Waals surface area contributed by atoms with Gasteiger partial charge >= 0.3 is 0 Å². The first-order valence-electron chi connectivity index (χ1n) is 7.69. The van der Waals surface area contributed by atoms with Gasteiger partial charge in [0, 0.05) is 57.1 Å². The highest BCUT2D eigenvalue weighted by Gasteiger charge is 2.10. The van der Waals surface area contributed by atoms with Crippen LogP contribution in [0.25, 0.3) is 0 Å². The lowest BCUT2D eigenvalue weighted by Crippen LogP contribution is -2.39. The zero-order valence-corrected chi connectivity index (χ0v) is 18.4. The SMILES string of the molecule is CCc1cnc(CCNC(=NC)N(C)Cc2cc(Cl)cn2C)s1.I. The molecule has 0 aliphatic rings. The average Bonchev–Trinajstić information content (AvgIpc) is 3.10. The molecule has 2 aromatic rings. The fourth-order valence-electron chi connectivity index (χ4n) is 2.33. The standard InChI is InChI=1S/C16H24ClN5S.HI/c1-5-14-9-20-15(23-14)6-7-19-16(18-2)22(4)11-13-8-12(17)10-21(13)3;/h8-10H,5-7,11H2,1-4H3,(H,18,19);1H. The summed E-state index contributed by atoms with van der Waals surface area (Å²) in [7, 11) is 5.82. The molecule has 0 unspecified atom stereocenters. The Bertz CT molecular complexity index is 667. The lowest BCUT2D eigenvalue weighted by molar-refractivity contribution is 0.462. The van der Waals surface area contributed by atoms with Crippen LogP contribution in [0.3, 0.4) is 0 Å².